The number of nitrogens with one attached hydrogen (secondary N) is 1. The third kappa shape index (κ3) is 4.43. The maximum Gasteiger partial charge on any atom is 0.227 e. The lowest BCUT2D eigenvalue weighted by atomic mass is 10.3. The van der Waals surface area contributed by atoms with E-state index in [-0.39, 0.29) is 5.91 Å². The fraction of sp³-hybridized carbons (Fsp3) is 0.200. The van der Waals surface area contributed by atoms with Gasteiger partial charge in [-0.05, 0) is 30.7 Å². The summed E-state index contributed by atoms with van der Waals surface area (Å²) in [6, 6.07) is 11.3. The molecule has 0 radical (unpaired) electrons. The molecule has 4 nitrogen and oxygen atoms in total. The summed E-state index contributed by atoms with van der Waals surface area (Å²) in [6.07, 6.45) is 3.68. The van der Waals surface area contributed by atoms with E-state index < -0.39 is 0 Å². The third-order valence-electron chi connectivity index (χ3n) is 2.50. The van der Waals surface area contributed by atoms with Crippen molar-refractivity contribution in [3.63, 3.8) is 0 Å². The number of hydrogen-bond donors (Lipinski definition) is 1. The highest BCUT2D eigenvalue weighted by atomic mass is 16.5. The Balaban J connectivity index is 1.76. The molecule has 0 spiro atoms. The van der Waals surface area contributed by atoms with E-state index in [2.05, 4.69) is 10.3 Å². The average molecular weight is 256 g/mol. The van der Waals surface area contributed by atoms with Crippen LogP contribution < -0.4 is 10.1 Å². The molecule has 2 aromatic rings. The van der Waals surface area contributed by atoms with Crippen LogP contribution in [-0.2, 0) is 4.79 Å². The maximum absolute atomic E-state index is 11.7. The summed E-state index contributed by atoms with van der Waals surface area (Å²) < 4.78 is 5.46. The molecule has 0 aliphatic carbocycles. The first kappa shape index (κ1) is 13.1. The Morgan fingerprint density at radius 1 is 1.26 bits per heavy atom. The molecule has 0 aliphatic rings. The minimum Gasteiger partial charge on any atom is -0.493 e. The summed E-state index contributed by atoms with van der Waals surface area (Å²) in [7, 11) is 0. The van der Waals surface area contributed by atoms with Gasteiger partial charge in [-0.15, -0.1) is 0 Å². The van der Waals surface area contributed by atoms with Crippen molar-refractivity contribution in [2.24, 2.45) is 0 Å². The highest BCUT2D eigenvalue weighted by Crippen LogP contribution is 2.10. The molecular weight excluding hydrogens is 240 g/mol. The number of ether oxygens (including phenoxy) is 1. The number of anilines is 1. The topological polar surface area (TPSA) is 51.2 Å². The van der Waals surface area contributed by atoms with Gasteiger partial charge >= 0.3 is 0 Å². The van der Waals surface area contributed by atoms with E-state index >= 15 is 0 Å². The van der Waals surface area contributed by atoms with E-state index in [0.717, 1.165) is 11.3 Å². The molecule has 1 N–H and O–H groups in total. The predicted molar refractivity (Wildman–Crippen MR) is 74.2 cm³/mol. The lowest BCUT2D eigenvalue weighted by molar-refractivity contribution is -0.116. The van der Waals surface area contributed by atoms with Crippen LogP contribution in [0.3, 0.4) is 0 Å². The molecule has 0 aliphatic heterocycles. The van der Waals surface area contributed by atoms with Crippen molar-refractivity contribution in [2.45, 2.75) is 13.3 Å². The Morgan fingerprint density at radius 2 is 2.05 bits per heavy atom. The van der Waals surface area contributed by atoms with Crippen molar-refractivity contribution in [3.05, 3.63) is 54.4 Å². The summed E-state index contributed by atoms with van der Waals surface area (Å²) in [5.74, 6) is 0.691. The smallest absolute Gasteiger partial charge is 0.227 e. The third-order valence-corrected chi connectivity index (χ3v) is 2.50. The molecular formula is C15H16N2O2. The molecule has 0 fully saturated rings. The second-order valence-corrected chi connectivity index (χ2v) is 4.21. The Morgan fingerprint density at radius 3 is 2.79 bits per heavy atom. The van der Waals surface area contributed by atoms with Crippen LogP contribution in [0.4, 0.5) is 5.69 Å². The van der Waals surface area contributed by atoms with Crippen LogP contribution in [0.25, 0.3) is 0 Å². The zero-order chi connectivity index (χ0) is 13.5. The van der Waals surface area contributed by atoms with Crippen LogP contribution in [0.5, 0.6) is 5.75 Å². The molecule has 0 atom stereocenters. The minimum absolute atomic E-state index is 0.0802. The molecule has 19 heavy (non-hydrogen) atoms. The normalized spacial score (nSPS) is 9.95. The average Bonchev–Trinajstić information content (AvgIpc) is 2.40. The van der Waals surface area contributed by atoms with Gasteiger partial charge in [0.2, 0.25) is 5.91 Å². The number of rotatable bonds is 5. The molecule has 1 aromatic carbocycles. The number of pyridine rings is 1. The van der Waals surface area contributed by atoms with Gasteiger partial charge in [-0.1, -0.05) is 18.2 Å². The van der Waals surface area contributed by atoms with Gasteiger partial charge in [0.15, 0.2) is 0 Å². The Hall–Kier alpha value is -2.36. The second kappa shape index (κ2) is 6.54. The van der Waals surface area contributed by atoms with Crippen molar-refractivity contribution in [3.8, 4) is 5.75 Å². The number of nitrogens with zero attached hydrogens (tertiary/aromatic N) is 1. The molecule has 0 unspecified atom stereocenters. The van der Waals surface area contributed by atoms with Crippen molar-refractivity contribution in [1.82, 2.24) is 4.98 Å². The molecule has 98 valence electrons. The zero-order valence-corrected chi connectivity index (χ0v) is 10.8. The van der Waals surface area contributed by atoms with Crippen molar-refractivity contribution < 1.29 is 9.53 Å². The van der Waals surface area contributed by atoms with E-state index in [1.165, 1.54) is 0 Å². The number of hydrogen-bond acceptors (Lipinski definition) is 3. The molecule has 0 bridgehead atoms. The first-order valence-electron chi connectivity index (χ1n) is 6.13. The molecule has 0 saturated carbocycles. The van der Waals surface area contributed by atoms with E-state index in [9.17, 15) is 4.79 Å². The van der Waals surface area contributed by atoms with E-state index in [0.29, 0.717) is 18.7 Å². The van der Waals surface area contributed by atoms with Gasteiger partial charge in [0, 0.05) is 6.20 Å². The summed E-state index contributed by atoms with van der Waals surface area (Å²) in [6.45, 7) is 2.29. The van der Waals surface area contributed by atoms with Crippen LogP contribution in [0.1, 0.15) is 12.0 Å². The van der Waals surface area contributed by atoms with Crippen molar-refractivity contribution in [2.75, 3.05) is 11.9 Å². The number of benzene rings is 1. The zero-order valence-electron chi connectivity index (χ0n) is 10.8. The van der Waals surface area contributed by atoms with Gasteiger partial charge in [0.1, 0.15) is 5.75 Å². The first-order chi connectivity index (χ1) is 9.24. The van der Waals surface area contributed by atoms with E-state index in [4.69, 9.17) is 4.74 Å². The number of aryl methyl sites for hydroxylation is 1. The van der Waals surface area contributed by atoms with Gasteiger partial charge in [0.05, 0.1) is 24.9 Å². The monoisotopic (exact) mass is 256 g/mol. The van der Waals surface area contributed by atoms with Gasteiger partial charge < -0.3 is 10.1 Å². The largest absolute Gasteiger partial charge is 0.493 e. The summed E-state index contributed by atoms with van der Waals surface area (Å²) in [5.41, 5.74) is 1.73. The second-order valence-electron chi connectivity index (χ2n) is 4.21. The van der Waals surface area contributed by atoms with Gasteiger partial charge in [-0.25, -0.2) is 0 Å². The van der Waals surface area contributed by atoms with Crippen LogP contribution >= 0.6 is 0 Å². The maximum atomic E-state index is 11.7. The minimum atomic E-state index is -0.0802. The predicted octanol–water partition coefficient (Wildman–Crippen LogP) is 2.80. The standard InChI is InChI=1S/C15H16N2O2/c1-12-9-13(11-16-10-12)17-15(18)7-8-19-14-5-3-2-4-6-14/h2-6,9-11H,7-8H2,1H3,(H,17,18). The quantitative estimate of drug-likeness (QED) is 0.895. The summed E-state index contributed by atoms with van der Waals surface area (Å²) in [5, 5.41) is 2.79. The number of amides is 1. The molecule has 4 heteroatoms. The molecule has 1 aromatic heterocycles. The lowest BCUT2D eigenvalue weighted by Crippen LogP contribution is -2.15. The summed E-state index contributed by atoms with van der Waals surface area (Å²) in [4.78, 5) is 15.7. The Bertz CT molecular complexity index is 541. The summed E-state index contributed by atoms with van der Waals surface area (Å²) >= 11 is 0. The van der Waals surface area contributed by atoms with E-state index in [1.54, 1.807) is 12.4 Å². The highest BCUT2D eigenvalue weighted by Gasteiger charge is 2.03. The first-order valence-corrected chi connectivity index (χ1v) is 6.13. The Labute approximate surface area is 112 Å². The number of para-hydroxylation sites is 1. The Kier molecular flexibility index (Phi) is 4.50. The number of carbonyl (C=O) groups excluding carboxylic acids is 1. The highest BCUT2D eigenvalue weighted by molar-refractivity contribution is 5.90. The SMILES string of the molecule is Cc1cncc(NC(=O)CCOc2ccccc2)c1. The molecule has 2 rings (SSSR count). The molecule has 1 heterocycles. The fourth-order valence-corrected chi connectivity index (χ4v) is 1.63. The number of aromatic nitrogens is 1. The number of carbonyl (C=O) groups is 1. The van der Waals surface area contributed by atoms with Crippen LogP contribution in [0.15, 0.2) is 48.8 Å². The van der Waals surface area contributed by atoms with Crippen molar-refractivity contribution in [1.29, 1.82) is 0 Å². The fourth-order valence-electron chi connectivity index (χ4n) is 1.63. The lowest BCUT2D eigenvalue weighted by Gasteiger charge is -2.07. The van der Waals surface area contributed by atoms with Crippen LogP contribution in [-0.4, -0.2) is 17.5 Å². The van der Waals surface area contributed by atoms with Crippen LogP contribution in [0.2, 0.25) is 0 Å². The molecule has 1 amide bonds. The van der Waals surface area contributed by atoms with Crippen LogP contribution in [0, 0.1) is 6.92 Å². The van der Waals surface area contributed by atoms with E-state index in [1.807, 2.05) is 43.3 Å². The molecule has 0 saturated heterocycles. The van der Waals surface area contributed by atoms with Gasteiger partial charge in [-0.3, -0.25) is 9.78 Å². The van der Waals surface area contributed by atoms with Crippen molar-refractivity contribution >= 4 is 11.6 Å². The van der Waals surface area contributed by atoms with Gasteiger partial charge in [-0.2, -0.15) is 0 Å². The van der Waals surface area contributed by atoms with Gasteiger partial charge in [0.25, 0.3) is 0 Å².